The fraction of sp³-hybridized carbons (Fsp3) is 0.846. The summed E-state index contributed by atoms with van der Waals surface area (Å²) in [7, 11) is 0. The van der Waals surface area contributed by atoms with Gasteiger partial charge in [-0.15, -0.1) is 0 Å². The van der Waals surface area contributed by atoms with E-state index in [0.717, 1.165) is 51.0 Å². The molecule has 1 aromatic heterocycles. The van der Waals surface area contributed by atoms with E-state index in [9.17, 15) is 0 Å². The fourth-order valence-electron chi connectivity index (χ4n) is 2.94. The van der Waals surface area contributed by atoms with E-state index in [1.807, 2.05) is 6.92 Å². The minimum Gasteiger partial charge on any atom is -0.367 e. The molecule has 2 heterocycles. The van der Waals surface area contributed by atoms with E-state index in [1.165, 1.54) is 0 Å². The van der Waals surface area contributed by atoms with Crippen LogP contribution in [0.15, 0.2) is 4.52 Å². The van der Waals surface area contributed by atoms with Gasteiger partial charge >= 0.3 is 0 Å². The minimum absolute atomic E-state index is 0.340. The number of aromatic nitrogens is 2. The van der Waals surface area contributed by atoms with Crippen LogP contribution in [0, 0.1) is 0 Å². The summed E-state index contributed by atoms with van der Waals surface area (Å²) in [5, 5.41) is 4.12. The Kier molecular flexibility index (Phi) is 3.11. The predicted octanol–water partition coefficient (Wildman–Crippen LogP) is 2.08. The maximum Gasteiger partial charge on any atom is 0.229 e. The molecule has 0 bridgehead atoms. The third kappa shape index (κ3) is 2.17. The van der Waals surface area contributed by atoms with Crippen molar-refractivity contribution in [3.8, 4) is 0 Å². The maximum absolute atomic E-state index is 5.91. The first-order valence-electron chi connectivity index (χ1n) is 6.91. The highest BCUT2D eigenvalue weighted by Crippen LogP contribution is 2.36. The van der Waals surface area contributed by atoms with Gasteiger partial charge in [-0.3, -0.25) is 0 Å². The fourth-order valence-corrected chi connectivity index (χ4v) is 2.94. The first-order chi connectivity index (χ1) is 8.67. The van der Waals surface area contributed by atoms with Gasteiger partial charge in [-0.2, -0.15) is 4.98 Å². The van der Waals surface area contributed by atoms with E-state index in [-0.39, 0.29) is 5.60 Å². The summed E-state index contributed by atoms with van der Waals surface area (Å²) in [6, 6.07) is 0.347. The highest BCUT2D eigenvalue weighted by Gasteiger charge is 2.37. The number of hydrogen-bond acceptors (Lipinski definition) is 5. The quantitative estimate of drug-likeness (QED) is 0.871. The molecule has 5 heteroatoms. The molecule has 1 aliphatic carbocycles. The van der Waals surface area contributed by atoms with Crippen LogP contribution < -0.4 is 5.73 Å². The standard InChI is InChI=1S/C13H21N3O2/c1-13(7-2-8-17-13)12-15-11(18-16-12)9-3-5-10(14)6-4-9/h9-10H,2-8,14H2,1H3. The van der Waals surface area contributed by atoms with Crippen molar-refractivity contribution in [1.29, 1.82) is 0 Å². The first kappa shape index (κ1) is 12.1. The summed E-state index contributed by atoms with van der Waals surface area (Å²) in [4.78, 5) is 4.57. The Morgan fingerprint density at radius 1 is 1.28 bits per heavy atom. The minimum atomic E-state index is -0.340. The van der Waals surface area contributed by atoms with Crippen molar-refractivity contribution < 1.29 is 9.26 Å². The van der Waals surface area contributed by atoms with Gasteiger partial charge in [0, 0.05) is 18.6 Å². The van der Waals surface area contributed by atoms with Crippen LogP contribution in [0.1, 0.15) is 63.1 Å². The van der Waals surface area contributed by atoms with Gasteiger partial charge in [0.1, 0.15) is 5.60 Å². The topological polar surface area (TPSA) is 74.2 Å². The predicted molar refractivity (Wildman–Crippen MR) is 66.0 cm³/mol. The van der Waals surface area contributed by atoms with Gasteiger partial charge in [-0.05, 0) is 45.4 Å². The normalized spacial score (nSPS) is 37.0. The zero-order valence-corrected chi connectivity index (χ0v) is 10.9. The molecule has 18 heavy (non-hydrogen) atoms. The molecule has 1 atom stereocenters. The van der Waals surface area contributed by atoms with E-state index in [1.54, 1.807) is 0 Å². The Bertz CT molecular complexity index is 404. The number of hydrogen-bond donors (Lipinski definition) is 1. The molecule has 0 spiro atoms. The van der Waals surface area contributed by atoms with Crippen LogP contribution in [-0.4, -0.2) is 22.8 Å². The summed E-state index contributed by atoms with van der Waals surface area (Å²) >= 11 is 0. The summed E-state index contributed by atoms with van der Waals surface area (Å²) in [6.45, 7) is 2.84. The van der Waals surface area contributed by atoms with Gasteiger partial charge in [0.15, 0.2) is 0 Å². The molecule has 2 aliphatic rings. The van der Waals surface area contributed by atoms with Crippen molar-refractivity contribution in [3.05, 3.63) is 11.7 Å². The van der Waals surface area contributed by atoms with Gasteiger partial charge in [0.2, 0.25) is 11.7 Å². The molecule has 3 rings (SSSR count). The molecule has 1 unspecified atom stereocenters. The molecule has 2 N–H and O–H groups in total. The first-order valence-corrected chi connectivity index (χ1v) is 6.91. The molecule has 1 aliphatic heterocycles. The van der Waals surface area contributed by atoms with E-state index >= 15 is 0 Å². The highest BCUT2D eigenvalue weighted by molar-refractivity contribution is 5.04. The van der Waals surface area contributed by atoms with E-state index in [0.29, 0.717) is 17.8 Å². The Morgan fingerprint density at radius 2 is 2.06 bits per heavy atom. The molecule has 100 valence electrons. The maximum atomic E-state index is 5.91. The molecule has 0 aromatic carbocycles. The number of rotatable bonds is 2. The molecule has 2 fully saturated rings. The Hall–Kier alpha value is -0.940. The van der Waals surface area contributed by atoms with Crippen molar-refractivity contribution >= 4 is 0 Å². The molecule has 1 aromatic rings. The van der Waals surface area contributed by atoms with Crippen molar-refractivity contribution in [2.45, 2.75) is 63.0 Å². The monoisotopic (exact) mass is 251 g/mol. The SMILES string of the molecule is CC1(c2noc(C3CCC(N)CC3)n2)CCCO1. The average Bonchev–Trinajstić information content (AvgIpc) is 2.99. The summed E-state index contributed by atoms with van der Waals surface area (Å²) in [6.07, 6.45) is 6.26. The summed E-state index contributed by atoms with van der Waals surface area (Å²) in [5.74, 6) is 1.87. The zero-order chi connectivity index (χ0) is 12.6. The average molecular weight is 251 g/mol. The molecular formula is C13H21N3O2. The lowest BCUT2D eigenvalue weighted by atomic mass is 9.86. The van der Waals surface area contributed by atoms with Crippen LogP contribution in [0.25, 0.3) is 0 Å². The van der Waals surface area contributed by atoms with Crippen molar-refractivity contribution in [1.82, 2.24) is 10.1 Å². The van der Waals surface area contributed by atoms with Crippen LogP contribution in [0.4, 0.5) is 0 Å². The molecule has 0 amide bonds. The van der Waals surface area contributed by atoms with Crippen molar-refractivity contribution in [3.63, 3.8) is 0 Å². The van der Waals surface area contributed by atoms with Gasteiger partial charge in [0.05, 0.1) is 0 Å². The van der Waals surface area contributed by atoms with Gasteiger partial charge in [0.25, 0.3) is 0 Å². The number of nitrogens with two attached hydrogens (primary N) is 1. The van der Waals surface area contributed by atoms with E-state index in [4.69, 9.17) is 15.0 Å². The van der Waals surface area contributed by atoms with Crippen LogP contribution in [0.3, 0.4) is 0 Å². The van der Waals surface area contributed by atoms with E-state index in [2.05, 4.69) is 10.1 Å². The second-order valence-corrected chi connectivity index (χ2v) is 5.75. The lowest BCUT2D eigenvalue weighted by Gasteiger charge is -2.23. The molecule has 1 saturated carbocycles. The second kappa shape index (κ2) is 4.63. The lowest BCUT2D eigenvalue weighted by molar-refractivity contribution is 0.00768. The molecule has 0 radical (unpaired) electrons. The van der Waals surface area contributed by atoms with Crippen molar-refractivity contribution in [2.75, 3.05) is 6.61 Å². The van der Waals surface area contributed by atoms with Crippen LogP contribution >= 0.6 is 0 Å². The summed E-state index contributed by atoms with van der Waals surface area (Å²) < 4.78 is 11.2. The van der Waals surface area contributed by atoms with Crippen LogP contribution in [-0.2, 0) is 10.3 Å². The largest absolute Gasteiger partial charge is 0.367 e. The van der Waals surface area contributed by atoms with Crippen LogP contribution in [0.5, 0.6) is 0 Å². The van der Waals surface area contributed by atoms with Gasteiger partial charge in [-0.1, -0.05) is 5.16 Å². The Labute approximate surface area is 107 Å². The molecule has 1 saturated heterocycles. The third-order valence-electron chi connectivity index (χ3n) is 4.25. The van der Waals surface area contributed by atoms with E-state index < -0.39 is 0 Å². The van der Waals surface area contributed by atoms with Crippen LogP contribution in [0.2, 0.25) is 0 Å². The third-order valence-corrected chi connectivity index (χ3v) is 4.25. The smallest absolute Gasteiger partial charge is 0.229 e. The number of ether oxygens (including phenoxy) is 1. The lowest BCUT2D eigenvalue weighted by Crippen LogP contribution is -2.26. The molecular weight excluding hydrogens is 230 g/mol. The summed E-state index contributed by atoms with van der Waals surface area (Å²) in [5.41, 5.74) is 5.57. The van der Waals surface area contributed by atoms with Gasteiger partial charge in [-0.25, -0.2) is 0 Å². The number of nitrogens with zero attached hydrogens (tertiary/aromatic N) is 2. The second-order valence-electron chi connectivity index (χ2n) is 5.75. The van der Waals surface area contributed by atoms with Crippen molar-refractivity contribution in [2.24, 2.45) is 5.73 Å². The molecule has 5 nitrogen and oxygen atoms in total. The Morgan fingerprint density at radius 3 is 2.72 bits per heavy atom. The zero-order valence-electron chi connectivity index (χ0n) is 10.9. The highest BCUT2D eigenvalue weighted by atomic mass is 16.5. The Balaban J connectivity index is 1.73. The van der Waals surface area contributed by atoms with Gasteiger partial charge < -0.3 is 15.0 Å².